The van der Waals surface area contributed by atoms with E-state index in [4.69, 9.17) is 15.2 Å². The molecule has 0 bridgehead atoms. The number of nitro benzene ring substituents is 1. The number of hydrogen-bond acceptors (Lipinski definition) is 7. The van der Waals surface area contributed by atoms with E-state index >= 15 is 0 Å². The van der Waals surface area contributed by atoms with Crippen molar-refractivity contribution in [1.29, 1.82) is 0 Å². The van der Waals surface area contributed by atoms with E-state index in [2.05, 4.69) is 9.97 Å². The van der Waals surface area contributed by atoms with Crippen LogP contribution < -0.4 is 15.2 Å². The van der Waals surface area contributed by atoms with Gasteiger partial charge in [-0.1, -0.05) is 0 Å². The number of benzene rings is 1. The van der Waals surface area contributed by atoms with Gasteiger partial charge in [0.05, 0.1) is 12.0 Å². The molecule has 0 radical (unpaired) electrons. The second-order valence-corrected chi connectivity index (χ2v) is 3.47. The van der Waals surface area contributed by atoms with Crippen LogP contribution in [-0.2, 0) is 0 Å². The molecule has 1 heterocycles. The average Bonchev–Trinajstić information content (AvgIpc) is 2.38. The number of rotatable bonds is 4. The zero-order valence-electron chi connectivity index (χ0n) is 9.94. The van der Waals surface area contributed by atoms with E-state index in [9.17, 15) is 10.1 Å². The lowest BCUT2D eigenvalue weighted by Crippen LogP contribution is -1.97. The molecule has 0 saturated carbocycles. The second kappa shape index (κ2) is 5.17. The Morgan fingerprint density at radius 3 is 2.74 bits per heavy atom. The second-order valence-electron chi connectivity index (χ2n) is 3.47. The lowest BCUT2D eigenvalue weighted by Gasteiger charge is -2.07. The lowest BCUT2D eigenvalue weighted by molar-refractivity contribution is -0.385. The van der Waals surface area contributed by atoms with Gasteiger partial charge in [-0.05, 0) is 6.07 Å². The summed E-state index contributed by atoms with van der Waals surface area (Å²) in [4.78, 5) is 17.9. The van der Waals surface area contributed by atoms with Crippen molar-refractivity contribution in [2.75, 3.05) is 12.8 Å². The number of nitrogens with two attached hydrogens (primary N) is 1. The number of ether oxygens (including phenoxy) is 2. The monoisotopic (exact) mass is 262 g/mol. The first kappa shape index (κ1) is 12.6. The van der Waals surface area contributed by atoms with Crippen molar-refractivity contribution < 1.29 is 14.4 Å². The van der Waals surface area contributed by atoms with Crippen molar-refractivity contribution in [1.82, 2.24) is 9.97 Å². The molecule has 0 aliphatic carbocycles. The maximum absolute atomic E-state index is 10.9. The molecule has 0 unspecified atom stereocenters. The Bertz CT molecular complexity index is 617. The number of nitrogens with zero attached hydrogens (tertiary/aromatic N) is 3. The molecule has 8 nitrogen and oxygen atoms in total. The van der Waals surface area contributed by atoms with Crippen molar-refractivity contribution in [3.8, 4) is 17.4 Å². The minimum Gasteiger partial charge on any atom is -0.497 e. The highest BCUT2D eigenvalue weighted by Gasteiger charge is 2.17. The van der Waals surface area contributed by atoms with Gasteiger partial charge in [-0.25, -0.2) is 9.97 Å². The molecule has 8 heteroatoms. The van der Waals surface area contributed by atoms with E-state index in [0.717, 1.165) is 0 Å². The molecule has 2 aromatic rings. The number of anilines is 1. The molecule has 19 heavy (non-hydrogen) atoms. The van der Waals surface area contributed by atoms with Gasteiger partial charge in [0.25, 0.3) is 0 Å². The van der Waals surface area contributed by atoms with Crippen molar-refractivity contribution in [2.45, 2.75) is 0 Å². The maximum Gasteiger partial charge on any atom is 0.311 e. The fourth-order valence-corrected chi connectivity index (χ4v) is 1.38. The van der Waals surface area contributed by atoms with Crippen LogP contribution in [0.5, 0.6) is 17.4 Å². The Balaban J connectivity index is 2.39. The fraction of sp³-hybridized carbons (Fsp3) is 0.0909. The topological polar surface area (TPSA) is 113 Å². The summed E-state index contributed by atoms with van der Waals surface area (Å²) in [6, 6.07) is 5.53. The van der Waals surface area contributed by atoms with Crippen molar-refractivity contribution in [3.63, 3.8) is 0 Å². The quantitative estimate of drug-likeness (QED) is 0.659. The Labute approximate surface area is 108 Å². The Hall–Kier alpha value is -2.90. The number of nitrogen functional groups attached to an aromatic ring is 1. The van der Waals surface area contributed by atoms with Crippen LogP contribution in [0.1, 0.15) is 0 Å². The van der Waals surface area contributed by atoms with Gasteiger partial charge in [-0.15, -0.1) is 0 Å². The molecule has 2 rings (SSSR count). The number of methoxy groups -OCH3 is 1. The average molecular weight is 262 g/mol. The minimum absolute atomic E-state index is 0.0162. The molecular formula is C11H10N4O4. The van der Waals surface area contributed by atoms with Gasteiger partial charge < -0.3 is 15.2 Å². The molecular weight excluding hydrogens is 252 g/mol. The van der Waals surface area contributed by atoms with Crippen LogP contribution in [0.15, 0.2) is 30.6 Å². The van der Waals surface area contributed by atoms with Crippen molar-refractivity contribution >= 4 is 11.5 Å². The number of nitro groups is 1. The van der Waals surface area contributed by atoms with Gasteiger partial charge in [0.15, 0.2) is 0 Å². The Morgan fingerprint density at radius 2 is 2.11 bits per heavy atom. The van der Waals surface area contributed by atoms with Gasteiger partial charge in [0.1, 0.15) is 17.9 Å². The third-order valence-electron chi connectivity index (χ3n) is 2.24. The number of hydrogen-bond donors (Lipinski definition) is 1. The van der Waals surface area contributed by atoms with Crippen LogP contribution in [0.4, 0.5) is 11.5 Å². The molecule has 1 aromatic carbocycles. The summed E-state index contributed by atoms with van der Waals surface area (Å²) in [7, 11) is 1.45. The Morgan fingerprint density at radius 1 is 1.32 bits per heavy atom. The first-order valence-corrected chi connectivity index (χ1v) is 5.18. The van der Waals surface area contributed by atoms with Crippen molar-refractivity contribution in [2.24, 2.45) is 0 Å². The summed E-state index contributed by atoms with van der Waals surface area (Å²) >= 11 is 0. The van der Waals surface area contributed by atoms with E-state index in [0.29, 0.717) is 5.75 Å². The zero-order chi connectivity index (χ0) is 13.8. The molecule has 98 valence electrons. The lowest BCUT2D eigenvalue weighted by atomic mass is 10.3. The SMILES string of the molecule is COc1ccc([N+](=O)[O-])c(Oc2cc(N)ncn2)c1. The largest absolute Gasteiger partial charge is 0.497 e. The summed E-state index contributed by atoms with van der Waals surface area (Å²) in [5.41, 5.74) is 5.28. The summed E-state index contributed by atoms with van der Waals surface area (Å²) in [6.45, 7) is 0. The third kappa shape index (κ3) is 2.86. The molecule has 0 fully saturated rings. The third-order valence-corrected chi connectivity index (χ3v) is 2.24. The van der Waals surface area contributed by atoms with Crippen LogP contribution in [0, 0.1) is 10.1 Å². The number of aromatic nitrogens is 2. The molecule has 0 aliphatic heterocycles. The summed E-state index contributed by atoms with van der Waals surface area (Å²) in [5, 5.41) is 10.9. The van der Waals surface area contributed by atoms with Gasteiger partial charge in [0.2, 0.25) is 11.6 Å². The van der Waals surface area contributed by atoms with Crippen LogP contribution in [0.25, 0.3) is 0 Å². The predicted molar refractivity (Wildman–Crippen MR) is 66.2 cm³/mol. The van der Waals surface area contributed by atoms with E-state index in [-0.39, 0.29) is 23.1 Å². The van der Waals surface area contributed by atoms with E-state index < -0.39 is 4.92 Å². The molecule has 0 saturated heterocycles. The first-order chi connectivity index (χ1) is 9.10. The highest BCUT2D eigenvalue weighted by Crippen LogP contribution is 2.34. The highest BCUT2D eigenvalue weighted by molar-refractivity contribution is 5.52. The summed E-state index contributed by atoms with van der Waals surface area (Å²) < 4.78 is 10.3. The van der Waals surface area contributed by atoms with Gasteiger partial charge in [-0.2, -0.15) is 0 Å². The normalized spacial score (nSPS) is 9.95. The molecule has 0 spiro atoms. The smallest absolute Gasteiger partial charge is 0.311 e. The van der Waals surface area contributed by atoms with E-state index in [1.54, 1.807) is 0 Å². The fourth-order valence-electron chi connectivity index (χ4n) is 1.38. The molecule has 0 amide bonds. The molecule has 0 atom stereocenters. The van der Waals surface area contributed by atoms with E-state index in [1.165, 1.54) is 37.7 Å². The van der Waals surface area contributed by atoms with Crippen LogP contribution in [0.3, 0.4) is 0 Å². The van der Waals surface area contributed by atoms with Gasteiger partial charge in [-0.3, -0.25) is 10.1 Å². The molecule has 1 aromatic heterocycles. The van der Waals surface area contributed by atoms with Gasteiger partial charge in [0, 0.05) is 18.2 Å². The Kier molecular flexibility index (Phi) is 3.42. The van der Waals surface area contributed by atoms with E-state index in [1.807, 2.05) is 0 Å². The van der Waals surface area contributed by atoms with Crippen LogP contribution in [0.2, 0.25) is 0 Å². The standard InChI is InChI=1S/C11H10N4O4/c1-18-7-2-3-8(15(16)17)9(4-7)19-11-5-10(12)13-6-14-11/h2-6H,1H3,(H2,12,13,14). The summed E-state index contributed by atoms with van der Waals surface area (Å²) in [6.07, 6.45) is 1.21. The van der Waals surface area contributed by atoms with Crippen LogP contribution in [-0.4, -0.2) is 22.0 Å². The molecule has 2 N–H and O–H groups in total. The molecule has 0 aliphatic rings. The summed E-state index contributed by atoms with van der Waals surface area (Å²) in [5.74, 6) is 0.768. The predicted octanol–water partition coefficient (Wildman–Crippen LogP) is 1.77. The minimum atomic E-state index is -0.556. The highest BCUT2D eigenvalue weighted by atomic mass is 16.6. The first-order valence-electron chi connectivity index (χ1n) is 5.18. The van der Waals surface area contributed by atoms with Gasteiger partial charge >= 0.3 is 5.69 Å². The van der Waals surface area contributed by atoms with Crippen molar-refractivity contribution in [3.05, 3.63) is 40.7 Å². The maximum atomic E-state index is 10.9. The van der Waals surface area contributed by atoms with Crippen LogP contribution >= 0.6 is 0 Å². The zero-order valence-corrected chi connectivity index (χ0v) is 9.94.